The molecule has 0 aliphatic heterocycles. The summed E-state index contributed by atoms with van der Waals surface area (Å²) >= 11 is 0. The summed E-state index contributed by atoms with van der Waals surface area (Å²) in [7, 11) is 1.38. The zero-order valence-electron chi connectivity index (χ0n) is 9.20. The fourth-order valence-corrected chi connectivity index (χ4v) is 1.37. The number of carbonyl (C=O) groups is 1. The molecule has 80 valence electrons. The Morgan fingerprint density at radius 2 is 2.00 bits per heavy atom. The SMILES string of the molecule is CC.COC(=O)c1cccc2[nH]ccc12. The summed E-state index contributed by atoms with van der Waals surface area (Å²) in [5.41, 5.74) is 1.55. The highest BCUT2D eigenvalue weighted by Crippen LogP contribution is 2.17. The smallest absolute Gasteiger partial charge is 0.338 e. The predicted octanol–water partition coefficient (Wildman–Crippen LogP) is 2.98. The van der Waals surface area contributed by atoms with E-state index >= 15 is 0 Å². The van der Waals surface area contributed by atoms with Crippen LogP contribution in [0.3, 0.4) is 0 Å². The van der Waals surface area contributed by atoms with Gasteiger partial charge in [0.15, 0.2) is 0 Å². The molecule has 2 rings (SSSR count). The van der Waals surface area contributed by atoms with Gasteiger partial charge >= 0.3 is 5.97 Å². The molecule has 0 saturated carbocycles. The van der Waals surface area contributed by atoms with Gasteiger partial charge in [-0.3, -0.25) is 0 Å². The van der Waals surface area contributed by atoms with Gasteiger partial charge in [-0.15, -0.1) is 0 Å². The minimum atomic E-state index is -0.301. The van der Waals surface area contributed by atoms with Gasteiger partial charge in [0.2, 0.25) is 0 Å². The average molecular weight is 205 g/mol. The van der Waals surface area contributed by atoms with E-state index in [1.54, 1.807) is 12.3 Å². The summed E-state index contributed by atoms with van der Waals surface area (Å²) in [4.78, 5) is 14.3. The molecule has 15 heavy (non-hydrogen) atoms. The van der Waals surface area contributed by atoms with Gasteiger partial charge in [-0.1, -0.05) is 19.9 Å². The van der Waals surface area contributed by atoms with Crippen molar-refractivity contribution in [3.63, 3.8) is 0 Å². The standard InChI is InChI=1S/C10H9NO2.C2H6/c1-13-10(12)8-3-2-4-9-7(8)5-6-11-9;1-2/h2-6,11H,1H3;1-2H3. The van der Waals surface area contributed by atoms with E-state index in [9.17, 15) is 4.79 Å². The molecule has 1 N–H and O–H groups in total. The maximum absolute atomic E-state index is 11.3. The monoisotopic (exact) mass is 205 g/mol. The zero-order chi connectivity index (χ0) is 11.3. The van der Waals surface area contributed by atoms with Crippen LogP contribution in [0.4, 0.5) is 0 Å². The molecule has 0 saturated heterocycles. The Morgan fingerprint density at radius 3 is 2.67 bits per heavy atom. The lowest BCUT2D eigenvalue weighted by Crippen LogP contribution is -2.00. The van der Waals surface area contributed by atoms with Crippen LogP contribution >= 0.6 is 0 Å². The lowest BCUT2D eigenvalue weighted by Gasteiger charge is -1.99. The number of fused-ring (bicyclic) bond motifs is 1. The highest BCUT2D eigenvalue weighted by molar-refractivity contribution is 6.03. The van der Waals surface area contributed by atoms with Crippen molar-refractivity contribution in [2.24, 2.45) is 0 Å². The van der Waals surface area contributed by atoms with Gasteiger partial charge in [0.1, 0.15) is 0 Å². The Balaban J connectivity index is 0.000000531. The third kappa shape index (κ3) is 2.18. The minimum absolute atomic E-state index is 0.301. The van der Waals surface area contributed by atoms with Gasteiger partial charge in [-0.2, -0.15) is 0 Å². The first kappa shape index (κ1) is 11.3. The fraction of sp³-hybridized carbons (Fsp3) is 0.250. The highest BCUT2D eigenvalue weighted by atomic mass is 16.5. The van der Waals surface area contributed by atoms with Crippen LogP contribution in [0.2, 0.25) is 0 Å². The van der Waals surface area contributed by atoms with Gasteiger partial charge in [0.25, 0.3) is 0 Å². The number of esters is 1. The van der Waals surface area contributed by atoms with E-state index in [4.69, 9.17) is 0 Å². The Labute approximate surface area is 89.1 Å². The summed E-state index contributed by atoms with van der Waals surface area (Å²) in [6, 6.07) is 7.36. The molecular weight excluding hydrogens is 190 g/mol. The van der Waals surface area contributed by atoms with Gasteiger partial charge in [-0.25, -0.2) is 4.79 Å². The number of ether oxygens (including phenoxy) is 1. The van der Waals surface area contributed by atoms with Crippen LogP contribution in [0, 0.1) is 0 Å². The number of hydrogen-bond donors (Lipinski definition) is 1. The minimum Gasteiger partial charge on any atom is -0.465 e. The number of benzene rings is 1. The number of aromatic amines is 1. The molecule has 0 fully saturated rings. The van der Waals surface area contributed by atoms with Gasteiger partial charge in [-0.05, 0) is 18.2 Å². The van der Waals surface area contributed by atoms with E-state index in [0.29, 0.717) is 5.56 Å². The van der Waals surface area contributed by atoms with Crippen molar-refractivity contribution in [2.75, 3.05) is 7.11 Å². The molecule has 0 aliphatic rings. The molecule has 0 radical (unpaired) electrons. The molecule has 0 unspecified atom stereocenters. The van der Waals surface area contributed by atoms with E-state index in [2.05, 4.69) is 9.72 Å². The van der Waals surface area contributed by atoms with Crippen LogP contribution in [0.5, 0.6) is 0 Å². The van der Waals surface area contributed by atoms with E-state index in [-0.39, 0.29) is 5.97 Å². The number of aromatic nitrogens is 1. The lowest BCUT2D eigenvalue weighted by atomic mass is 10.1. The van der Waals surface area contributed by atoms with Gasteiger partial charge in [0, 0.05) is 17.1 Å². The van der Waals surface area contributed by atoms with Crippen molar-refractivity contribution in [1.29, 1.82) is 0 Å². The van der Waals surface area contributed by atoms with Crippen LogP contribution in [0.25, 0.3) is 10.9 Å². The molecule has 0 atom stereocenters. The van der Waals surface area contributed by atoms with Gasteiger partial charge < -0.3 is 9.72 Å². The van der Waals surface area contributed by atoms with Crippen molar-refractivity contribution < 1.29 is 9.53 Å². The first-order valence-electron chi connectivity index (χ1n) is 4.97. The van der Waals surface area contributed by atoms with Crippen molar-refractivity contribution in [3.05, 3.63) is 36.0 Å². The summed E-state index contributed by atoms with van der Waals surface area (Å²) in [5.74, 6) is -0.301. The zero-order valence-corrected chi connectivity index (χ0v) is 9.20. The maximum atomic E-state index is 11.3. The van der Waals surface area contributed by atoms with Crippen molar-refractivity contribution >= 4 is 16.9 Å². The lowest BCUT2D eigenvalue weighted by molar-refractivity contribution is 0.0603. The van der Waals surface area contributed by atoms with E-state index in [0.717, 1.165) is 10.9 Å². The number of H-pyrrole nitrogens is 1. The van der Waals surface area contributed by atoms with E-state index in [1.165, 1.54) is 7.11 Å². The van der Waals surface area contributed by atoms with Crippen molar-refractivity contribution in [3.8, 4) is 0 Å². The third-order valence-electron chi connectivity index (χ3n) is 2.00. The van der Waals surface area contributed by atoms with E-state index < -0.39 is 0 Å². The second-order valence-corrected chi connectivity index (χ2v) is 2.74. The van der Waals surface area contributed by atoms with Gasteiger partial charge in [0.05, 0.1) is 12.7 Å². The maximum Gasteiger partial charge on any atom is 0.338 e. The van der Waals surface area contributed by atoms with Crippen LogP contribution in [-0.2, 0) is 4.74 Å². The molecule has 2 aromatic rings. The summed E-state index contributed by atoms with van der Waals surface area (Å²) in [6.45, 7) is 4.00. The highest BCUT2D eigenvalue weighted by Gasteiger charge is 2.09. The Hall–Kier alpha value is -1.77. The number of rotatable bonds is 1. The second kappa shape index (κ2) is 5.20. The quantitative estimate of drug-likeness (QED) is 0.727. The molecule has 0 amide bonds. The molecule has 0 aliphatic carbocycles. The Bertz CT molecular complexity index is 446. The van der Waals surface area contributed by atoms with Crippen LogP contribution in [0.1, 0.15) is 24.2 Å². The summed E-state index contributed by atoms with van der Waals surface area (Å²) in [6.07, 6.45) is 1.80. The summed E-state index contributed by atoms with van der Waals surface area (Å²) < 4.78 is 4.66. The summed E-state index contributed by atoms with van der Waals surface area (Å²) in [5, 5.41) is 0.898. The average Bonchev–Trinajstić information content (AvgIpc) is 2.78. The molecule has 0 bridgehead atoms. The van der Waals surface area contributed by atoms with Crippen LogP contribution < -0.4 is 0 Å². The Morgan fingerprint density at radius 1 is 1.27 bits per heavy atom. The number of nitrogens with one attached hydrogen (secondary N) is 1. The van der Waals surface area contributed by atoms with E-state index in [1.807, 2.05) is 32.0 Å². The molecule has 3 heteroatoms. The molecule has 0 spiro atoms. The van der Waals surface area contributed by atoms with Crippen LogP contribution in [-0.4, -0.2) is 18.1 Å². The molecule has 1 aromatic carbocycles. The first-order chi connectivity index (χ1) is 7.33. The first-order valence-corrected chi connectivity index (χ1v) is 4.97. The fourth-order valence-electron chi connectivity index (χ4n) is 1.37. The molecule has 1 aromatic heterocycles. The third-order valence-corrected chi connectivity index (χ3v) is 2.00. The molecule has 1 heterocycles. The predicted molar refractivity (Wildman–Crippen MR) is 61.0 cm³/mol. The normalized spacial score (nSPS) is 9.27. The number of methoxy groups -OCH3 is 1. The van der Waals surface area contributed by atoms with Crippen molar-refractivity contribution in [1.82, 2.24) is 4.98 Å². The Kier molecular flexibility index (Phi) is 3.92. The molecular formula is C12H15NO2. The molecule has 3 nitrogen and oxygen atoms in total. The van der Waals surface area contributed by atoms with Crippen LogP contribution in [0.15, 0.2) is 30.5 Å². The largest absolute Gasteiger partial charge is 0.465 e. The topological polar surface area (TPSA) is 42.1 Å². The number of hydrogen-bond acceptors (Lipinski definition) is 2. The number of carbonyl (C=O) groups excluding carboxylic acids is 1. The van der Waals surface area contributed by atoms with Crippen molar-refractivity contribution in [2.45, 2.75) is 13.8 Å². The second-order valence-electron chi connectivity index (χ2n) is 2.74.